The van der Waals surface area contributed by atoms with E-state index in [1.807, 2.05) is 54.6 Å². The van der Waals surface area contributed by atoms with Gasteiger partial charge in [-0.2, -0.15) is 5.26 Å². The first-order valence-electron chi connectivity index (χ1n) is 16.7. The molecule has 1 aliphatic heterocycles. The predicted molar refractivity (Wildman–Crippen MR) is 185 cm³/mol. The van der Waals surface area contributed by atoms with Gasteiger partial charge >= 0.3 is 5.69 Å². The number of carbonyl (C=O) groups excluding carboxylic acids is 1. The molecule has 2 fully saturated rings. The number of nitrogens with zero attached hydrogens (tertiary/aromatic N) is 7. The molecule has 12 nitrogen and oxygen atoms in total. The second-order valence-electron chi connectivity index (χ2n) is 13.1. The quantitative estimate of drug-likeness (QED) is 0.199. The first-order valence-corrected chi connectivity index (χ1v) is 16.7. The summed E-state index contributed by atoms with van der Waals surface area (Å²) in [5.41, 5.74) is 7.34. The molecule has 4 aromatic rings. The summed E-state index contributed by atoms with van der Waals surface area (Å²) in [5, 5.41) is 13.0. The molecule has 6 rings (SSSR count). The summed E-state index contributed by atoms with van der Waals surface area (Å²) in [6.07, 6.45) is 5.79. The number of nitrogens with one attached hydrogen (secondary N) is 1. The Morgan fingerprint density at radius 1 is 1.02 bits per heavy atom. The Kier molecular flexibility index (Phi) is 9.61. The number of likely N-dealkylation sites (N-methyl/N-ethyl adjacent to an activating group) is 1. The fourth-order valence-electron chi connectivity index (χ4n) is 6.90. The summed E-state index contributed by atoms with van der Waals surface area (Å²) in [4.78, 5) is 40.7. The van der Waals surface area contributed by atoms with E-state index in [-0.39, 0.29) is 35.1 Å². The van der Waals surface area contributed by atoms with Crippen LogP contribution < -0.4 is 21.5 Å². The van der Waals surface area contributed by atoms with E-state index in [1.54, 1.807) is 15.2 Å². The van der Waals surface area contributed by atoms with Gasteiger partial charge < -0.3 is 20.7 Å². The highest BCUT2D eigenvalue weighted by Gasteiger charge is 2.32. The number of anilines is 1. The number of nitrogen functional groups attached to an aromatic ring is 1. The number of hydrogen-bond acceptors (Lipinski definition) is 9. The molecule has 0 atom stereocenters. The number of nitrogens with two attached hydrogens (primary N) is 1. The Bertz CT molecular complexity index is 1870. The monoisotopic (exact) mass is 649 g/mol. The van der Waals surface area contributed by atoms with Crippen LogP contribution in [0, 0.1) is 11.3 Å². The Morgan fingerprint density at radius 3 is 2.33 bits per heavy atom. The molecular formula is C36H43N9O3. The Labute approximate surface area is 280 Å². The van der Waals surface area contributed by atoms with Crippen molar-refractivity contribution in [2.75, 3.05) is 38.5 Å². The van der Waals surface area contributed by atoms with Crippen molar-refractivity contribution in [1.82, 2.24) is 34.2 Å². The minimum absolute atomic E-state index is 0.109. The minimum atomic E-state index is -0.422. The third kappa shape index (κ3) is 6.83. The van der Waals surface area contributed by atoms with E-state index in [1.165, 1.54) is 6.33 Å². The van der Waals surface area contributed by atoms with E-state index in [0.29, 0.717) is 54.0 Å². The van der Waals surface area contributed by atoms with Crippen LogP contribution in [-0.2, 0) is 4.79 Å². The first-order chi connectivity index (χ1) is 23.2. The van der Waals surface area contributed by atoms with Gasteiger partial charge in [-0.25, -0.2) is 14.8 Å². The summed E-state index contributed by atoms with van der Waals surface area (Å²) < 4.78 is 9.20. The summed E-state index contributed by atoms with van der Waals surface area (Å²) in [6.45, 7) is 11.0. The predicted octanol–water partition coefficient (Wildman–Crippen LogP) is 4.42. The highest BCUT2D eigenvalue weighted by molar-refractivity contribution is 5.97. The van der Waals surface area contributed by atoms with E-state index in [0.717, 1.165) is 32.7 Å². The Balaban J connectivity index is 1.16. The van der Waals surface area contributed by atoms with Gasteiger partial charge in [0, 0.05) is 43.8 Å². The molecule has 2 aromatic carbocycles. The van der Waals surface area contributed by atoms with Crippen molar-refractivity contribution >= 4 is 22.9 Å². The molecule has 2 aliphatic rings. The lowest BCUT2D eigenvalue weighted by atomic mass is 9.90. The van der Waals surface area contributed by atoms with Crippen molar-refractivity contribution in [3.05, 3.63) is 83.1 Å². The van der Waals surface area contributed by atoms with Crippen molar-refractivity contribution in [3.8, 4) is 23.3 Å². The van der Waals surface area contributed by atoms with Crippen molar-refractivity contribution < 1.29 is 9.53 Å². The number of aromatic nitrogens is 4. The number of hydrogen-bond donors (Lipinski definition) is 2. The average Bonchev–Trinajstić information content (AvgIpc) is 3.41. The van der Waals surface area contributed by atoms with E-state index < -0.39 is 5.54 Å². The molecule has 0 spiro atoms. The van der Waals surface area contributed by atoms with Crippen LogP contribution in [0.2, 0.25) is 0 Å². The number of amides is 1. The van der Waals surface area contributed by atoms with Crippen LogP contribution in [-0.4, -0.2) is 79.1 Å². The van der Waals surface area contributed by atoms with Crippen LogP contribution in [0.25, 0.3) is 16.9 Å². The molecule has 0 radical (unpaired) electrons. The summed E-state index contributed by atoms with van der Waals surface area (Å²) in [6, 6.07) is 18.6. The van der Waals surface area contributed by atoms with Crippen molar-refractivity contribution in [2.24, 2.45) is 0 Å². The Morgan fingerprint density at radius 2 is 1.69 bits per heavy atom. The number of fused-ring (bicyclic) bond motifs is 1. The smallest absolute Gasteiger partial charge is 0.335 e. The second-order valence-corrected chi connectivity index (χ2v) is 13.1. The van der Waals surface area contributed by atoms with Gasteiger partial charge in [0.05, 0.1) is 5.69 Å². The van der Waals surface area contributed by atoms with Crippen molar-refractivity contribution in [2.45, 2.75) is 64.1 Å². The Hall–Kier alpha value is -4.99. The summed E-state index contributed by atoms with van der Waals surface area (Å²) in [7, 11) is 0. The number of benzene rings is 2. The molecule has 250 valence electrons. The van der Waals surface area contributed by atoms with Crippen LogP contribution in [0.15, 0.2) is 77.4 Å². The number of piperazine rings is 1. The average molecular weight is 650 g/mol. The lowest BCUT2D eigenvalue weighted by Gasteiger charge is -2.42. The van der Waals surface area contributed by atoms with Gasteiger partial charge in [-0.1, -0.05) is 25.1 Å². The fraction of sp³-hybridized carbons (Fsp3) is 0.417. The van der Waals surface area contributed by atoms with Crippen molar-refractivity contribution in [1.29, 1.82) is 5.26 Å². The molecule has 3 N–H and O–H groups in total. The highest BCUT2D eigenvalue weighted by Crippen LogP contribution is 2.32. The SMILES string of the molecule is CCN1CCN(C(C)(C)C=C(C#N)C(=O)NC2CCC(n3c(=O)n(-c4ccc(Oc5ccccc5)cc4)c4c(N)ncnc43)CC2)CC1. The van der Waals surface area contributed by atoms with Crippen LogP contribution in [0.3, 0.4) is 0 Å². The zero-order chi connectivity index (χ0) is 33.8. The third-order valence-electron chi connectivity index (χ3n) is 9.65. The molecule has 1 aliphatic carbocycles. The lowest BCUT2D eigenvalue weighted by molar-refractivity contribution is -0.118. The summed E-state index contributed by atoms with van der Waals surface area (Å²) in [5.74, 6) is 1.22. The molecule has 1 saturated carbocycles. The van der Waals surface area contributed by atoms with E-state index in [2.05, 4.69) is 51.9 Å². The normalized spacial score (nSPS) is 19.6. The van der Waals surface area contributed by atoms with Gasteiger partial charge in [-0.3, -0.25) is 18.8 Å². The van der Waals surface area contributed by atoms with Crippen LogP contribution in [0.4, 0.5) is 5.82 Å². The highest BCUT2D eigenvalue weighted by atomic mass is 16.5. The van der Waals surface area contributed by atoms with Gasteiger partial charge in [0.2, 0.25) is 0 Å². The zero-order valence-electron chi connectivity index (χ0n) is 27.8. The van der Waals surface area contributed by atoms with Gasteiger partial charge in [0.15, 0.2) is 11.5 Å². The third-order valence-corrected chi connectivity index (χ3v) is 9.65. The van der Waals surface area contributed by atoms with Crippen LogP contribution >= 0.6 is 0 Å². The molecule has 0 bridgehead atoms. The molecule has 12 heteroatoms. The topological polar surface area (TPSA) is 147 Å². The number of para-hydroxylation sites is 1. The largest absolute Gasteiger partial charge is 0.457 e. The molecule has 1 amide bonds. The number of nitriles is 1. The molecule has 2 aromatic heterocycles. The molecule has 3 heterocycles. The maximum absolute atomic E-state index is 14.1. The fourth-order valence-corrected chi connectivity index (χ4v) is 6.90. The van der Waals surface area contributed by atoms with Crippen LogP contribution in [0.1, 0.15) is 52.5 Å². The number of rotatable bonds is 9. The molecule has 48 heavy (non-hydrogen) atoms. The summed E-state index contributed by atoms with van der Waals surface area (Å²) >= 11 is 0. The maximum Gasteiger partial charge on any atom is 0.335 e. The number of ether oxygens (including phenoxy) is 1. The molecular weight excluding hydrogens is 606 g/mol. The number of imidazole rings is 1. The standard InChI is InChI=1S/C36H43N9O3/c1-4-42-18-20-43(21-19-42)36(2,3)22-25(23-37)34(46)41-26-10-12-28(13-11-26)45-33-31(32(38)39-24-40-33)44(35(45)47)27-14-16-30(17-15-27)48-29-8-6-5-7-9-29/h5-9,14-17,22,24,26,28H,4,10-13,18-21H2,1-3H3,(H,41,46)(H2,38,39,40). The van der Waals surface area contributed by atoms with Gasteiger partial charge in [0.1, 0.15) is 35.0 Å². The first kappa shape index (κ1) is 32.9. The van der Waals surface area contributed by atoms with Crippen LogP contribution in [0.5, 0.6) is 11.5 Å². The van der Waals surface area contributed by atoms with Crippen molar-refractivity contribution in [3.63, 3.8) is 0 Å². The van der Waals surface area contributed by atoms with E-state index in [9.17, 15) is 14.9 Å². The van der Waals surface area contributed by atoms with Gasteiger partial charge in [-0.15, -0.1) is 0 Å². The molecule has 0 unspecified atom stereocenters. The van der Waals surface area contributed by atoms with Gasteiger partial charge in [-0.05, 0) is 88.5 Å². The second kappa shape index (κ2) is 14.0. The van der Waals surface area contributed by atoms with E-state index in [4.69, 9.17) is 10.5 Å². The van der Waals surface area contributed by atoms with E-state index >= 15 is 0 Å². The molecule has 1 saturated heterocycles. The zero-order valence-corrected chi connectivity index (χ0v) is 27.8. The number of carbonyl (C=O) groups is 1. The minimum Gasteiger partial charge on any atom is -0.457 e. The maximum atomic E-state index is 14.1. The van der Waals surface area contributed by atoms with Gasteiger partial charge in [0.25, 0.3) is 5.91 Å². The lowest BCUT2D eigenvalue weighted by Crippen LogP contribution is -2.54.